The third-order valence-corrected chi connectivity index (χ3v) is 3.27. The minimum absolute atomic E-state index is 0.228. The Bertz CT molecular complexity index is 858. The van der Waals surface area contributed by atoms with Crippen molar-refractivity contribution in [3.8, 4) is 5.75 Å². The molecule has 0 spiro atoms. The quantitative estimate of drug-likeness (QED) is 0.648. The SMILES string of the molecule is O=C(O)COc1ccccc1/C=N\N=C1/C(=O)Nc2ccccc21. The summed E-state index contributed by atoms with van der Waals surface area (Å²) in [6.07, 6.45) is 1.42. The largest absolute Gasteiger partial charge is 0.481 e. The predicted molar refractivity (Wildman–Crippen MR) is 88.8 cm³/mol. The van der Waals surface area contributed by atoms with Gasteiger partial charge in [-0.2, -0.15) is 5.10 Å². The van der Waals surface area contributed by atoms with E-state index in [0.717, 1.165) is 0 Å². The van der Waals surface area contributed by atoms with Gasteiger partial charge in [0.2, 0.25) is 0 Å². The molecule has 24 heavy (non-hydrogen) atoms. The number of hydrogen-bond acceptors (Lipinski definition) is 5. The molecule has 1 heterocycles. The number of anilines is 1. The minimum Gasteiger partial charge on any atom is -0.481 e. The number of rotatable bonds is 5. The zero-order valence-electron chi connectivity index (χ0n) is 12.5. The molecule has 0 unspecified atom stereocenters. The number of ether oxygens (including phenoxy) is 1. The highest BCUT2D eigenvalue weighted by molar-refractivity contribution is 6.53. The van der Waals surface area contributed by atoms with Gasteiger partial charge < -0.3 is 15.2 Å². The van der Waals surface area contributed by atoms with Gasteiger partial charge in [-0.05, 0) is 18.2 Å². The van der Waals surface area contributed by atoms with Crippen LogP contribution in [-0.2, 0) is 9.59 Å². The van der Waals surface area contributed by atoms with Crippen LogP contribution >= 0.6 is 0 Å². The molecule has 0 saturated heterocycles. The molecule has 2 aromatic rings. The molecule has 7 heteroatoms. The molecule has 2 aromatic carbocycles. The molecule has 7 nitrogen and oxygen atoms in total. The van der Waals surface area contributed by atoms with Gasteiger partial charge in [0.1, 0.15) is 5.75 Å². The summed E-state index contributed by atoms with van der Waals surface area (Å²) in [5, 5.41) is 19.3. The van der Waals surface area contributed by atoms with Crippen LogP contribution in [0.15, 0.2) is 58.7 Å². The Morgan fingerprint density at radius 3 is 2.75 bits per heavy atom. The second kappa shape index (κ2) is 6.74. The van der Waals surface area contributed by atoms with E-state index in [2.05, 4.69) is 15.5 Å². The number of amides is 1. The molecule has 0 saturated carbocycles. The van der Waals surface area contributed by atoms with Crippen LogP contribution in [0.25, 0.3) is 0 Å². The number of hydrogen-bond donors (Lipinski definition) is 2. The second-order valence-electron chi connectivity index (χ2n) is 4.91. The van der Waals surface area contributed by atoms with E-state index in [1.807, 2.05) is 12.1 Å². The van der Waals surface area contributed by atoms with Gasteiger partial charge in [-0.1, -0.05) is 30.3 Å². The Morgan fingerprint density at radius 1 is 1.17 bits per heavy atom. The van der Waals surface area contributed by atoms with Gasteiger partial charge in [0.05, 0.1) is 11.9 Å². The summed E-state index contributed by atoms with van der Waals surface area (Å²) in [6, 6.07) is 14.0. The molecule has 2 N–H and O–H groups in total. The van der Waals surface area contributed by atoms with Crippen molar-refractivity contribution in [1.82, 2.24) is 0 Å². The fourth-order valence-corrected chi connectivity index (χ4v) is 2.21. The van der Waals surface area contributed by atoms with Crippen LogP contribution in [0.5, 0.6) is 5.75 Å². The van der Waals surface area contributed by atoms with Crippen LogP contribution in [0.1, 0.15) is 11.1 Å². The highest BCUT2D eigenvalue weighted by atomic mass is 16.5. The number of benzene rings is 2. The Labute approximate surface area is 137 Å². The highest BCUT2D eigenvalue weighted by Gasteiger charge is 2.25. The molecule has 0 aliphatic carbocycles. The average molecular weight is 323 g/mol. The molecule has 0 radical (unpaired) electrons. The number of carbonyl (C=O) groups excluding carboxylic acids is 1. The molecule has 0 atom stereocenters. The van der Waals surface area contributed by atoms with E-state index >= 15 is 0 Å². The molecular weight excluding hydrogens is 310 g/mol. The third kappa shape index (κ3) is 3.30. The molecule has 0 fully saturated rings. The number of nitrogens with zero attached hydrogens (tertiary/aromatic N) is 2. The first kappa shape index (κ1) is 15.4. The van der Waals surface area contributed by atoms with Gasteiger partial charge >= 0.3 is 5.97 Å². The zero-order chi connectivity index (χ0) is 16.9. The van der Waals surface area contributed by atoms with Gasteiger partial charge in [-0.3, -0.25) is 4.79 Å². The van der Waals surface area contributed by atoms with Crippen molar-refractivity contribution in [2.75, 3.05) is 11.9 Å². The first-order valence-electron chi connectivity index (χ1n) is 7.10. The minimum atomic E-state index is -1.07. The number of fused-ring (bicyclic) bond motifs is 1. The van der Waals surface area contributed by atoms with Crippen LogP contribution in [0.2, 0.25) is 0 Å². The Morgan fingerprint density at radius 2 is 1.92 bits per heavy atom. The number of aliphatic carboxylic acids is 1. The second-order valence-corrected chi connectivity index (χ2v) is 4.91. The standard InChI is InChI=1S/C17H13N3O4/c21-15(22)10-24-14-8-4-1-5-11(14)9-18-20-16-12-6-2-3-7-13(12)19-17(16)23/h1-9H,10H2,(H,21,22)(H,19,20,23)/b18-9-. The van der Waals surface area contributed by atoms with Crippen LogP contribution in [0.4, 0.5) is 5.69 Å². The number of nitrogens with one attached hydrogen (secondary N) is 1. The maximum absolute atomic E-state index is 11.9. The van der Waals surface area contributed by atoms with Crippen molar-refractivity contribution in [2.45, 2.75) is 0 Å². The lowest BCUT2D eigenvalue weighted by atomic mass is 10.1. The zero-order valence-corrected chi connectivity index (χ0v) is 12.5. The molecule has 120 valence electrons. The van der Waals surface area contributed by atoms with Gasteiger partial charge in [0.15, 0.2) is 12.3 Å². The van der Waals surface area contributed by atoms with Gasteiger partial charge in [-0.15, -0.1) is 5.10 Å². The van der Waals surface area contributed by atoms with Crippen molar-refractivity contribution < 1.29 is 19.4 Å². The topological polar surface area (TPSA) is 100 Å². The molecule has 1 amide bonds. The van der Waals surface area contributed by atoms with Gasteiger partial charge in [0.25, 0.3) is 5.91 Å². The van der Waals surface area contributed by atoms with Crippen LogP contribution in [0.3, 0.4) is 0 Å². The summed E-state index contributed by atoms with van der Waals surface area (Å²) in [6.45, 7) is -0.449. The number of carboxylic acids is 1. The lowest BCUT2D eigenvalue weighted by Crippen LogP contribution is -2.13. The number of carbonyl (C=O) groups is 2. The van der Waals surface area contributed by atoms with E-state index in [9.17, 15) is 9.59 Å². The number of para-hydroxylation sites is 2. The van der Waals surface area contributed by atoms with E-state index in [1.54, 1.807) is 36.4 Å². The summed E-state index contributed by atoms with van der Waals surface area (Å²) in [7, 11) is 0. The maximum Gasteiger partial charge on any atom is 0.341 e. The Hall–Kier alpha value is -3.48. The first-order chi connectivity index (χ1) is 11.6. The molecular formula is C17H13N3O4. The van der Waals surface area contributed by atoms with Crippen molar-refractivity contribution in [1.29, 1.82) is 0 Å². The van der Waals surface area contributed by atoms with Crippen LogP contribution in [-0.4, -0.2) is 35.5 Å². The molecule has 1 aliphatic heterocycles. The summed E-state index contributed by atoms with van der Waals surface area (Å²) in [5.74, 6) is -1.01. The first-order valence-corrected chi connectivity index (χ1v) is 7.10. The van der Waals surface area contributed by atoms with Crippen molar-refractivity contribution in [2.24, 2.45) is 10.2 Å². The van der Waals surface area contributed by atoms with Crippen molar-refractivity contribution in [3.63, 3.8) is 0 Å². The normalized spacial score (nSPS) is 14.7. The highest BCUT2D eigenvalue weighted by Crippen LogP contribution is 2.22. The van der Waals surface area contributed by atoms with E-state index in [1.165, 1.54) is 6.21 Å². The smallest absolute Gasteiger partial charge is 0.341 e. The van der Waals surface area contributed by atoms with E-state index in [-0.39, 0.29) is 11.6 Å². The van der Waals surface area contributed by atoms with Gasteiger partial charge in [0, 0.05) is 11.1 Å². The van der Waals surface area contributed by atoms with E-state index in [0.29, 0.717) is 22.6 Å². The lowest BCUT2D eigenvalue weighted by Gasteiger charge is -2.05. The predicted octanol–water partition coefficient (Wildman–Crippen LogP) is 1.93. The summed E-state index contributed by atoms with van der Waals surface area (Å²) in [5.41, 5.74) is 2.18. The Balaban J connectivity index is 1.82. The fourth-order valence-electron chi connectivity index (χ4n) is 2.21. The molecule has 0 bridgehead atoms. The summed E-state index contributed by atoms with van der Waals surface area (Å²) < 4.78 is 5.18. The van der Waals surface area contributed by atoms with E-state index < -0.39 is 12.6 Å². The lowest BCUT2D eigenvalue weighted by molar-refractivity contribution is -0.139. The Kier molecular flexibility index (Phi) is 4.33. The fraction of sp³-hybridized carbons (Fsp3) is 0.0588. The summed E-state index contributed by atoms with van der Waals surface area (Å²) >= 11 is 0. The van der Waals surface area contributed by atoms with Crippen molar-refractivity contribution >= 4 is 29.5 Å². The van der Waals surface area contributed by atoms with E-state index in [4.69, 9.17) is 9.84 Å². The molecule has 1 aliphatic rings. The monoisotopic (exact) mass is 323 g/mol. The number of carboxylic acid groups (broad SMARTS) is 1. The summed E-state index contributed by atoms with van der Waals surface area (Å²) in [4.78, 5) is 22.5. The molecule has 3 rings (SSSR count). The maximum atomic E-state index is 11.9. The van der Waals surface area contributed by atoms with Gasteiger partial charge in [-0.25, -0.2) is 4.79 Å². The van der Waals surface area contributed by atoms with Crippen LogP contribution in [0, 0.1) is 0 Å². The third-order valence-electron chi connectivity index (χ3n) is 3.27. The average Bonchev–Trinajstić information content (AvgIpc) is 2.89. The van der Waals surface area contributed by atoms with Crippen LogP contribution < -0.4 is 10.1 Å². The van der Waals surface area contributed by atoms with Crippen molar-refractivity contribution in [3.05, 3.63) is 59.7 Å². The molecule has 0 aromatic heterocycles.